The molecule has 4 nitrogen and oxygen atoms in total. The first kappa shape index (κ1) is 15.4. The van der Waals surface area contributed by atoms with E-state index in [1.165, 1.54) is 11.3 Å². The number of hydrogen-bond donors (Lipinski definition) is 1. The minimum absolute atomic E-state index is 0.185. The third-order valence-corrected chi connectivity index (χ3v) is 3.72. The smallest absolute Gasteiger partial charge is 0.142 e. The topological polar surface area (TPSA) is 39.1 Å². The number of rotatable bonds is 6. The summed E-state index contributed by atoms with van der Waals surface area (Å²) in [6.07, 6.45) is 1.00. The van der Waals surface area contributed by atoms with Crippen molar-refractivity contribution in [2.24, 2.45) is 7.05 Å². The van der Waals surface area contributed by atoms with E-state index in [-0.39, 0.29) is 6.04 Å². The van der Waals surface area contributed by atoms with Gasteiger partial charge in [0, 0.05) is 18.3 Å². The first-order valence-electron chi connectivity index (χ1n) is 7.53. The lowest BCUT2D eigenvalue weighted by Gasteiger charge is -2.19. The average Bonchev–Trinajstić information content (AvgIpc) is 2.71. The molecule has 1 N–H and O–H groups in total. The van der Waals surface area contributed by atoms with Gasteiger partial charge in [0.05, 0.1) is 24.0 Å². The maximum Gasteiger partial charge on any atom is 0.142 e. The lowest BCUT2D eigenvalue weighted by atomic mass is 10.1. The van der Waals surface area contributed by atoms with Crippen LogP contribution < -0.4 is 10.1 Å². The van der Waals surface area contributed by atoms with Gasteiger partial charge in [-0.05, 0) is 39.3 Å². The molecular formula is C17H25N3O. The van der Waals surface area contributed by atoms with Crippen molar-refractivity contribution in [3.63, 3.8) is 0 Å². The fraction of sp³-hybridized carbons (Fsp3) is 0.471. The van der Waals surface area contributed by atoms with Gasteiger partial charge in [-0.1, -0.05) is 19.1 Å². The maximum atomic E-state index is 5.81. The van der Waals surface area contributed by atoms with E-state index in [0.29, 0.717) is 0 Å². The van der Waals surface area contributed by atoms with Gasteiger partial charge in [0.25, 0.3) is 0 Å². The quantitative estimate of drug-likeness (QED) is 0.873. The largest absolute Gasteiger partial charge is 0.491 e. The zero-order chi connectivity index (χ0) is 15.4. The first-order valence-corrected chi connectivity index (χ1v) is 7.53. The summed E-state index contributed by atoms with van der Waals surface area (Å²) in [6, 6.07) is 8.28. The van der Waals surface area contributed by atoms with Crippen molar-refractivity contribution >= 4 is 5.69 Å². The molecule has 1 aromatic heterocycles. The summed E-state index contributed by atoms with van der Waals surface area (Å²) in [6.45, 7) is 9.17. The third-order valence-electron chi connectivity index (χ3n) is 3.72. The van der Waals surface area contributed by atoms with Gasteiger partial charge in [0.1, 0.15) is 5.75 Å². The molecule has 0 aliphatic carbocycles. The van der Waals surface area contributed by atoms with E-state index < -0.39 is 0 Å². The van der Waals surface area contributed by atoms with Crippen LogP contribution in [0.2, 0.25) is 0 Å². The second-order valence-corrected chi connectivity index (χ2v) is 5.42. The first-order chi connectivity index (χ1) is 10.0. The molecule has 0 spiro atoms. The minimum Gasteiger partial charge on any atom is -0.491 e. The summed E-state index contributed by atoms with van der Waals surface area (Å²) in [4.78, 5) is 0. The van der Waals surface area contributed by atoms with Gasteiger partial charge in [0.15, 0.2) is 0 Å². The number of nitrogens with one attached hydrogen (secondary N) is 1. The van der Waals surface area contributed by atoms with Crippen molar-refractivity contribution in [2.75, 3.05) is 11.9 Å². The number of para-hydroxylation sites is 2. The highest BCUT2D eigenvalue weighted by atomic mass is 16.5. The van der Waals surface area contributed by atoms with Crippen LogP contribution in [0.25, 0.3) is 0 Å². The number of anilines is 1. The van der Waals surface area contributed by atoms with Crippen LogP contribution in [-0.2, 0) is 7.05 Å². The van der Waals surface area contributed by atoms with Crippen molar-refractivity contribution < 1.29 is 4.74 Å². The predicted octanol–water partition coefficient (Wildman–Crippen LogP) is 4.00. The minimum atomic E-state index is 0.185. The number of hydrogen-bond acceptors (Lipinski definition) is 3. The number of aryl methyl sites for hydroxylation is 2. The van der Waals surface area contributed by atoms with Crippen LogP contribution in [0.15, 0.2) is 24.3 Å². The van der Waals surface area contributed by atoms with Crippen LogP contribution in [0.4, 0.5) is 5.69 Å². The van der Waals surface area contributed by atoms with Crippen molar-refractivity contribution in [3.05, 3.63) is 41.2 Å². The average molecular weight is 287 g/mol. The molecule has 114 valence electrons. The third kappa shape index (κ3) is 3.38. The highest BCUT2D eigenvalue weighted by molar-refractivity contribution is 5.57. The van der Waals surface area contributed by atoms with Gasteiger partial charge in [-0.2, -0.15) is 5.10 Å². The number of nitrogens with zero attached hydrogens (tertiary/aromatic N) is 2. The van der Waals surface area contributed by atoms with Crippen LogP contribution in [0.3, 0.4) is 0 Å². The molecular weight excluding hydrogens is 262 g/mol. The lowest BCUT2D eigenvalue weighted by molar-refractivity contribution is 0.318. The highest BCUT2D eigenvalue weighted by Gasteiger charge is 2.17. The van der Waals surface area contributed by atoms with E-state index in [1.807, 2.05) is 29.9 Å². The van der Waals surface area contributed by atoms with E-state index in [1.54, 1.807) is 0 Å². The van der Waals surface area contributed by atoms with E-state index >= 15 is 0 Å². The molecule has 2 rings (SSSR count). The van der Waals surface area contributed by atoms with Crippen molar-refractivity contribution in [1.82, 2.24) is 9.78 Å². The Kier molecular flexibility index (Phi) is 4.89. The van der Waals surface area contributed by atoms with E-state index in [9.17, 15) is 0 Å². The van der Waals surface area contributed by atoms with E-state index in [0.717, 1.165) is 30.2 Å². The Hall–Kier alpha value is -1.97. The summed E-state index contributed by atoms with van der Waals surface area (Å²) < 4.78 is 7.74. The molecule has 1 atom stereocenters. The molecule has 1 aromatic carbocycles. The van der Waals surface area contributed by atoms with Crippen LogP contribution in [0.5, 0.6) is 5.75 Å². The molecule has 0 radical (unpaired) electrons. The normalized spacial score (nSPS) is 12.2. The van der Waals surface area contributed by atoms with E-state index in [4.69, 9.17) is 4.74 Å². The van der Waals surface area contributed by atoms with Gasteiger partial charge < -0.3 is 10.1 Å². The van der Waals surface area contributed by atoms with E-state index in [2.05, 4.69) is 44.2 Å². The van der Waals surface area contributed by atoms with Crippen molar-refractivity contribution in [1.29, 1.82) is 0 Å². The molecule has 2 aromatic rings. The molecule has 0 bridgehead atoms. The zero-order valence-corrected chi connectivity index (χ0v) is 13.6. The standard InChI is InChI=1S/C17H25N3O/c1-6-11-21-16-10-8-7-9-15(16)18-12(2)17-13(3)19-20(5)14(17)4/h7-10,12,18H,6,11H2,1-5H3. The fourth-order valence-corrected chi connectivity index (χ4v) is 2.65. The summed E-state index contributed by atoms with van der Waals surface area (Å²) in [5.74, 6) is 0.908. The van der Waals surface area contributed by atoms with Gasteiger partial charge in [-0.15, -0.1) is 0 Å². The Balaban J connectivity index is 2.21. The Labute approximate surface area is 127 Å². The molecule has 1 heterocycles. The maximum absolute atomic E-state index is 5.81. The van der Waals surface area contributed by atoms with Crippen LogP contribution in [0, 0.1) is 13.8 Å². The van der Waals surface area contributed by atoms with Crippen molar-refractivity contribution in [2.45, 2.75) is 40.2 Å². The fourth-order valence-electron chi connectivity index (χ4n) is 2.65. The predicted molar refractivity (Wildman–Crippen MR) is 86.9 cm³/mol. The monoisotopic (exact) mass is 287 g/mol. The molecule has 0 amide bonds. The lowest BCUT2D eigenvalue weighted by Crippen LogP contribution is -2.10. The Morgan fingerprint density at radius 2 is 2.00 bits per heavy atom. The molecule has 0 fully saturated rings. The van der Waals surface area contributed by atoms with Crippen LogP contribution >= 0.6 is 0 Å². The van der Waals surface area contributed by atoms with Gasteiger partial charge in [-0.3, -0.25) is 4.68 Å². The number of ether oxygens (including phenoxy) is 1. The van der Waals surface area contributed by atoms with Gasteiger partial charge in [0.2, 0.25) is 0 Å². The SMILES string of the molecule is CCCOc1ccccc1NC(C)c1c(C)nn(C)c1C. The second-order valence-electron chi connectivity index (χ2n) is 5.42. The van der Waals surface area contributed by atoms with Crippen LogP contribution in [-0.4, -0.2) is 16.4 Å². The molecule has 1 unspecified atom stereocenters. The summed E-state index contributed by atoms with van der Waals surface area (Å²) in [7, 11) is 1.98. The Bertz CT molecular complexity index is 604. The summed E-state index contributed by atoms with van der Waals surface area (Å²) in [5.41, 5.74) is 4.55. The van der Waals surface area contributed by atoms with Gasteiger partial charge >= 0.3 is 0 Å². The molecule has 0 saturated carbocycles. The van der Waals surface area contributed by atoms with Crippen molar-refractivity contribution in [3.8, 4) is 5.75 Å². The van der Waals surface area contributed by atoms with Crippen LogP contribution in [0.1, 0.15) is 43.3 Å². The summed E-state index contributed by atoms with van der Waals surface area (Å²) in [5, 5.41) is 8.04. The summed E-state index contributed by atoms with van der Waals surface area (Å²) >= 11 is 0. The molecule has 0 saturated heterocycles. The zero-order valence-electron chi connectivity index (χ0n) is 13.6. The highest BCUT2D eigenvalue weighted by Crippen LogP contribution is 2.30. The molecule has 21 heavy (non-hydrogen) atoms. The number of benzene rings is 1. The Morgan fingerprint density at radius 3 is 2.62 bits per heavy atom. The number of aromatic nitrogens is 2. The molecule has 0 aliphatic heterocycles. The van der Waals surface area contributed by atoms with Gasteiger partial charge in [-0.25, -0.2) is 0 Å². The second kappa shape index (κ2) is 6.66. The Morgan fingerprint density at radius 1 is 1.29 bits per heavy atom. The molecule has 0 aliphatic rings. The molecule has 4 heteroatoms.